The Hall–Kier alpha value is -0.460. The number of nitrogens with zero attached hydrogens (tertiary/aromatic N) is 1. The second kappa shape index (κ2) is 5.46. The van der Waals surface area contributed by atoms with Gasteiger partial charge < -0.3 is 5.32 Å². The van der Waals surface area contributed by atoms with Gasteiger partial charge in [0.15, 0.2) is 0 Å². The zero-order valence-corrected chi connectivity index (χ0v) is 11.6. The van der Waals surface area contributed by atoms with Crippen LogP contribution in [0.2, 0.25) is 0 Å². The first kappa shape index (κ1) is 13.0. The van der Waals surface area contributed by atoms with E-state index in [0.717, 1.165) is 36.5 Å². The number of sulfone groups is 1. The highest BCUT2D eigenvalue weighted by Gasteiger charge is 2.26. The summed E-state index contributed by atoms with van der Waals surface area (Å²) in [5.41, 5.74) is 1.12. The van der Waals surface area contributed by atoms with Gasteiger partial charge in [-0.2, -0.15) is 0 Å². The number of likely N-dealkylation sites (N-methyl/N-ethyl adjacent to an activating group) is 1. The minimum absolute atomic E-state index is 0.323. The van der Waals surface area contributed by atoms with Crippen LogP contribution >= 0.6 is 11.3 Å². The summed E-state index contributed by atoms with van der Waals surface area (Å²) >= 11 is 1.67. The molecule has 2 heterocycles. The molecular weight excluding hydrogens is 256 g/mol. The zero-order chi connectivity index (χ0) is 12.3. The van der Waals surface area contributed by atoms with Crippen molar-refractivity contribution in [1.82, 2.24) is 10.3 Å². The fourth-order valence-corrected chi connectivity index (χ4v) is 4.53. The third kappa shape index (κ3) is 3.50. The summed E-state index contributed by atoms with van der Waals surface area (Å²) in [6.07, 6.45) is 2.42. The summed E-state index contributed by atoms with van der Waals surface area (Å²) in [4.78, 5) is 4.60. The molecule has 96 valence electrons. The van der Waals surface area contributed by atoms with Gasteiger partial charge in [-0.3, -0.25) is 0 Å². The van der Waals surface area contributed by atoms with Gasteiger partial charge in [0, 0.05) is 24.3 Å². The molecular formula is C11H18N2O2S2. The van der Waals surface area contributed by atoms with E-state index < -0.39 is 9.84 Å². The predicted octanol–water partition coefficient (Wildman–Crippen LogP) is 1.20. The highest BCUT2D eigenvalue weighted by molar-refractivity contribution is 7.91. The first-order valence-electron chi connectivity index (χ1n) is 5.90. The van der Waals surface area contributed by atoms with Crippen LogP contribution in [0.5, 0.6) is 0 Å². The summed E-state index contributed by atoms with van der Waals surface area (Å²) < 4.78 is 22.7. The molecule has 0 aromatic carbocycles. The van der Waals surface area contributed by atoms with E-state index in [9.17, 15) is 8.42 Å². The molecule has 0 aliphatic carbocycles. The molecule has 0 bridgehead atoms. The average Bonchev–Trinajstić information content (AvgIpc) is 2.75. The van der Waals surface area contributed by atoms with Crippen LogP contribution in [0, 0.1) is 0 Å². The monoisotopic (exact) mass is 274 g/mol. The summed E-state index contributed by atoms with van der Waals surface area (Å²) in [5, 5.41) is 6.31. The largest absolute Gasteiger partial charge is 0.319 e. The summed E-state index contributed by atoms with van der Waals surface area (Å²) in [6, 6.07) is 0. The van der Waals surface area contributed by atoms with Gasteiger partial charge in [0.2, 0.25) is 0 Å². The van der Waals surface area contributed by atoms with Gasteiger partial charge in [0.05, 0.1) is 22.2 Å². The highest BCUT2D eigenvalue weighted by Crippen LogP contribution is 2.31. The van der Waals surface area contributed by atoms with Crippen LogP contribution in [0.1, 0.15) is 29.5 Å². The van der Waals surface area contributed by atoms with Crippen molar-refractivity contribution in [2.24, 2.45) is 0 Å². The molecule has 1 aromatic rings. The standard InChI is InChI=1S/C11H18N2O2S2/c1-12-5-2-10-8-16-11(13-10)9-3-6-17(14,15)7-4-9/h8-9,12H,2-7H2,1H3. The van der Waals surface area contributed by atoms with E-state index in [2.05, 4.69) is 15.7 Å². The molecule has 1 fully saturated rings. The van der Waals surface area contributed by atoms with E-state index in [1.165, 1.54) is 0 Å². The Morgan fingerprint density at radius 1 is 1.47 bits per heavy atom. The van der Waals surface area contributed by atoms with E-state index in [0.29, 0.717) is 17.4 Å². The van der Waals surface area contributed by atoms with E-state index in [1.807, 2.05) is 7.05 Å². The Balaban J connectivity index is 1.96. The maximum Gasteiger partial charge on any atom is 0.150 e. The summed E-state index contributed by atoms with van der Waals surface area (Å²) in [6.45, 7) is 0.933. The van der Waals surface area contributed by atoms with Crippen molar-refractivity contribution in [3.05, 3.63) is 16.1 Å². The van der Waals surface area contributed by atoms with Crippen molar-refractivity contribution in [2.75, 3.05) is 25.1 Å². The first-order chi connectivity index (χ1) is 8.11. The lowest BCUT2D eigenvalue weighted by molar-refractivity contribution is 0.548. The van der Waals surface area contributed by atoms with Crippen LogP contribution < -0.4 is 5.32 Å². The maximum atomic E-state index is 11.3. The van der Waals surface area contributed by atoms with Crippen LogP contribution in [0.3, 0.4) is 0 Å². The third-order valence-electron chi connectivity index (χ3n) is 3.10. The SMILES string of the molecule is CNCCc1csc(C2CCS(=O)(=O)CC2)n1. The third-order valence-corrected chi connectivity index (χ3v) is 5.88. The number of thiazole rings is 1. The molecule has 0 radical (unpaired) electrons. The molecule has 1 N–H and O–H groups in total. The van der Waals surface area contributed by atoms with Crippen molar-refractivity contribution in [1.29, 1.82) is 0 Å². The molecule has 1 aliphatic rings. The Labute approximate surface area is 106 Å². The summed E-state index contributed by atoms with van der Waals surface area (Å²) in [7, 11) is -0.834. The van der Waals surface area contributed by atoms with Gasteiger partial charge in [0.25, 0.3) is 0 Å². The van der Waals surface area contributed by atoms with E-state index in [1.54, 1.807) is 11.3 Å². The predicted molar refractivity (Wildman–Crippen MR) is 70.4 cm³/mol. The molecule has 6 heteroatoms. The number of hydrogen-bond acceptors (Lipinski definition) is 5. The average molecular weight is 274 g/mol. The molecule has 17 heavy (non-hydrogen) atoms. The molecule has 0 saturated carbocycles. The minimum atomic E-state index is -2.76. The highest BCUT2D eigenvalue weighted by atomic mass is 32.2. The normalized spacial score (nSPS) is 20.5. The Morgan fingerprint density at radius 2 is 2.18 bits per heavy atom. The molecule has 0 unspecified atom stereocenters. The first-order valence-corrected chi connectivity index (χ1v) is 8.60. The lowest BCUT2D eigenvalue weighted by Gasteiger charge is -2.19. The zero-order valence-electron chi connectivity index (χ0n) is 9.98. The maximum absolute atomic E-state index is 11.3. The van der Waals surface area contributed by atoms with Gasteiger partial charge in [-0.1, -0.05) is 0 Å². The van der Waals surface area contributed by atoms with Gasteiger partial charge in [0.1, 0.15) is 9.84 Å². The molecule has 4 nitrogen and oxygen atoms in total. The van der Waals surface area contributed by atoms with Crippen molar-refractivity contribution in [2.45, 2.75) is 25.2 Å². The van der Waals surface area contributed by atoms with Gasteiger partial charge in [-0.25, -0.2) is 13.4 Å². The number of rotatable bonds is 4. The lowest BCUT2D eigenvalue weighted by atomic mass is 10.0. The van der Waals surface area contributed by atoms with Crippen LogP contribution in [-0.2, 0) is 16.3 Å². The number of hydrogen-bond donors (Lipinski definition) is 1. The second-order valence-corrected chi connectivity index (χ2v) is 7.65. The fraction of sp³-hybridized carbons (Fsp3) is 0.727. The van der Waals surface area contributed by atoms with Gasteiger partial charge >= 0.3 is 0 Å². The molecule has 1 aliphatic heterocycles. The van der Waals surface area contributed by atoms with Crippen molar-refractivity contribution >= 4 is 21.2 Å². The molecule has 0 atom stereocenters. The van der Waals surface area contributed by atoms with E-state index in [-0.39, 0.29) is 0 Å². The number of nitrogens with one attached hydrogen (secondary N) is 1. The van der Waals surface area contributed by atoms with Gasteiger partial charge in [-0.15, -0.1) is 11.3 Å². The Bertz CT molecular complexity index is 454. The van der Waals surface area contributed by atoms with E-state index >= 15 is 0 Å². The van der Waals surface area contributed by atoms with Crippen LogP contribution in [0.4, 0.5) is 0 Å². The Kier molecular flexibility index (Phi) is 4.17. The van der Waals surface area contributed by atoms with Crippen LogP contribution in [0.25, 0.3) is 0 Å². The lowest BCUT2D eigenvalue weighted by Crippen LogP contribution is -2.22. The van der Waals surface area contributed by atoms with Crippen molar-refractivity contribution < 1.29 is 8.42 Å². The molecule has 0 spiro atoms. The fourth-order valence-electron chi connectivity index (χ4n) is 2.02. The molecule has 2 rings (SSSR count). The summed E-state index contributed by atoms with van der Waals surface area (Å²) in [5.74, 6) is 0.999. The molecule has 1 aromatic heterocycles. The smallest absolute Gasteiger partial charge is 0.150 e. The molecule has 0 amide bonds. The van der Waals surface area contributed by atoms with Crippen molar-refractivity contribution in [3.63, 3.8) is 0 Å². The van der Waals surface area contributed by atoms with Crippen LogP contribution in [-0.4, -0.2) is 38.5 Å². The van der Waals surface area contributed by atoms with E-state index in [4.69, 9.17) is 0 Å². The quantitative estimate of drug-likeness (QED) is 0.896. The van der Waals surface area contributed by atoms with Crippen LogP contribution in [0.15, 0.2) is 5.38 Å². The second-order valence-electron chi connectivity index (χ2n) is 4.46. The van der Waals surface area contributed by atoms with Crippen molar-refractivity contribution in [3.8, 4) is 0 Å². The minimum Gasteiger partial charge on any atom is -0.319 e. The molecule has 1 saturated heterocycles. The Morgan fingerprint density at radius 3 is 2.82 bits per heavy atom. The van der Waals surface area contributed by atoms with Gasteiger partial charge in [-0.05, 0) is 19.9 Å². The topological polar surface area (TPSA) is 59.1 Å². The number of aromatic nitrogens is 1.